The van der Waals surface area contributed by atoms with Gasteiger partial charge in [0.05, 0.1) is 16.9 Å². The molecule has 0 amide bonds. The molecule has 0 radical (unpaired) electrons. The Kier molecular flexibility index (Phi) is 6.42. The van der Waals surface area contributed by atoms with Gasteiger partial charge >= 0.3 is 6.18 Å². The summed E-state index contributed by atoms with van der Waals surface area (Å²) in [5.41, 5.74) is 2.12. The zero-order valence-electron chi connectivity index (χ0n) is 18.3. The van der Waals surface area contributed by atoms with E-state index in [1.54, 1.807) is 6.07 Å². The molecule has 2 aliphatic heterocycles. The normalized spacial score (nSPS) is 20.7. The third-order valence-corrected chi connectivity index (χ3v) is 5.76. The highest BCUT2D eigenvalue weighted by Crippen LogP contribution is 2.35. The van der Waals surface area contributed by atoms with Gasteiger partial charge in [-0.15, -0.1) is 0 Å². The number of rotatable bonds is 5. The molecule has 1 fully saturated rings. The van der Waals surface area contributed by atoms with Crippen molar-refractivity contribution in [2.24, 2.45) is 0 Å². The van der Waals surface area contributed by atoms with Gasteiger partial charge in [0.15, 0.2) is 0 Å². The minimum absolute atomic E-state index is 0.0721. The minimum atomic E-state index is -4.47. The number of hydrogen-bond acceptors (Lipinski definition) is 7. The van der Waals surface area contributed by atoms with E-state index in [9.17, 15) is 18.4 Å². The van der Waals surface area contributed by atoms with Crippen LogP contribution in [0.4, 0.5) is 18.9 Å². The van der Waals surface area contributed by atoms with Crippen molar-refractivity contribution in [1.29, 1.82) is 5.26 Å². The summed E-state index contributed by atoms with van der Waals surface area (Å²) in [5, 5.41) is 9.29. The number of nitriles is 1. The van der Waals surface area contributed by atoms with Crippen LogP contribution in [-0.2, 0) is 10.9 Å². The smallest absolute Gasteiger partial charge is 0.416 e. The molecule has 0 unspecified atom stereocenters. The molecule has 2 aliphatic rings. The Morgan fingerprint density at radius 3 is 2.79 bits per heavy atom. The lowest BCUT2D eigenvalue weighted by Crippen LogP contribution is -2.50. The monoisotopic (exact) mass is 459 g/mol. The highest BCUT2D eigenvalue weighted by Gasteiger charge is 2.36. The Labute approximate surface area is 190 Å². The zero-order chi connectivity index (χ0) is 23.6. The third-order valence-electron chi connectivity index (χ3n) is 5.76. The van der Waals surface area contributed by atoms with Crippen molar-refractivity contribution in [1.82, 2.24) is 14.9 Å². The third kappa shape index (κ3) is 4.88. The molecule has 174 valence electrons. The van der Waals surface area contributed by atoms with E-state index in [1.807, 2.05) is 20.0 Å². The molecule has 1 saturated heterocycles. The number of piperidine rings is 1. The fourth-order valence-corrected chi connectivity index (χ4v) is 4.14. The Hall–Kier alpha value is -3.32. The van der Waals surface area contributed by atoms with Crippen molar-refractivity contribution in [2.45, 2.75) is 31.7 Å². The first-order valence-electron chi connectivity index (χ1n) is 10.7. The van der Waals surface area contributed by atoms with Gasteiger partial charge in [-0.2, -0.15) is 18.4 Å². The standard InChI is InChI=1S/C23H24F3N5O2/c1-3-32-20-14-31(18-7-10-30(2)17-5-4-16(13-27)29-22(17)18)11-8-19(20)33-21-12-15(6-9-28-21)23(24,25)26/h4-7,9,12,19-20H,3,8,10-11,14H2,1-2H3/t19-,20-/m0/s1. The number of alkyl halides is 3. The maximum Gasteiger partial charge on any atom is 0.416 e. The fraction of sp³-hybridized carbons (Fsp3) is 0.435. The molecule has 4 heterocycles. The number of nitrogens with zero attached hydrogens (tertiary/aromatic N) is 5. The maximum absolute atomic E-state index is 13.1. The Balaban J connectivity index is 1.54. The second-order valence-electron chi connectivity index (χ2n) is 7.91. The van der Waals surface area contributed by atoms with Crippen LogP contribution in [-0.4, -0.2) is 60.4 Å². The second kappa shape index (κ2) is 9.27. The lowest BCUT2D eigenvalue weighted by Gasteiger charge is -2.41. The number of hydrogen-bond donors (Lipinski definition) is 0. The summed E-state index contributed by atoms with van der Waals surface area (Å²) in [7, 11) is 1.96. The molecule has 0 saturated carbocycles. The molecule has 0 aliphatic carbocycles. The number of anilines is 1. The zero-order valence-corrected chi connectivity index (χ0v) is 18.3. The topological polar surface area (TPSA) is 74.5 Å². The summed E-state index contributed by atoms with van der Waals surface area (Å²) >= 11 is 0. The van der Waals surface area contributed by atoms with Gasteiger partial charge in [-0.1, -0.05) is 0 Å². The number of ether oxygens (including phenoxy) is 2. The lowest BCUT2D eigenvalue weighted by atomic mass is 10.0. The molecule has 2 atom stereocenters. The molecule has 0 bridgehead atoms. The number of pyridine rings is 2. The highest BCUT2D eigenvalue weighted by atomic mass is 19.4. The number of aromatic nitrogens is 2. The summed E-state index contributed by atoms with van der Waals surface area (Å²) < 4.78 is 50.9. The van der Waals surface area contributed by atoms with Gasteiger partial charge in [-0.3, -0.25) is 0 Å². The van der Waals surface area contributed by atoms with Crippen LogP contribution in [0.25, 0.3) is 5.70 Å². The molecule has 0 aromatic carbocycles. The highest BCUT2D eigenvalue weighted by molar-refractivity contribution is 5.77. The fourth-order valence-electron chi connectivity index (χ4n) is 4.14. The van der Waals surface area contributed by atoms with Gasteiger partial charge in [0, 0.05) is 52.0 Å². The minimum Gasteiger partial charge on any atom is -0.471 e. The maximum atomic E-state index is 13.1. The first-order valence-corrected chi connectivity index (χ1v) is 10.7. The van der Waals surface area contributed by atoms with Gasteiger partial charge in [0.25, 0.3) is 0 Å². The van der Waals surface area contributed by atoms with E-state index in [4.69, 9.17) is 9.47 Å². The number of likely N-dealkylation sites (N-methyl/N-ethyl adjacent to an activating group) is 1. The van der Waals surface area contributed by atoms with Crippen LogP contribution in [0, 0.1) is 11.3 Å². The van der Waals surface area contributed by atoms with E-state index < -0.39 is 17.8 Å². The molecular weight excluding hydrogens is 435 g/mol. The SMILES string of the molecule is CCO[C@H]1CN(C2=CCN(C)c3ccc(C#N)nc32)CC[C@@H]1Oc1cc(C(F)(F)F)ccn1. The predicted octanol–water partition coefficient (Wildman–Crippen LogP) is 3.72. The van der Waals surface area contributed by atoms with Gasteiger partial charge in [0.1, 0.15) is 29.7 Å². The van der Waals surface area contributed by atoms with Crippen LogP contribution in [0.15, 0.2) is 36.5 Å². The van der Waals surface area contributed by atoms with E-state index >= 15 is 0 Å². The van der Waals surface area contributed by atoms with Gasteiger partial charge in [0.2, 0.25) is 5.88 Å². The predicted molar refractivity (Wildman–Crippen MR) is 115 cm³/mol. The van der Waals surface area contributed by atoms with Crippen LogP contribution in [0.2, 0.25) is 0 Å². The van der Waals surface area contributed by atoms with E-state index in [0.29, 0.717) is 38.4 Å². The molecule has 10 heteroatoms. The van der Waals surface area contributed by atoms with E-state index in [-0.39, 0.29) is 12.0 Å². The quantitative estimate of drug-likeness (QED) is 0.675. The Morgan fingerprint density at radius 1 is 1.24 bits per heavy atom. The van der Waals surface area contributed by atoms with Gasteiger partial charge < -0.3 is 19.3 Å². The van der Waals surface area contributed by atoms with Crippen molar-refractivity contribution in [3.05, 3.63) is 53.5 Å². The molecule has 33 heavy (non-hydrogen) atoms. The van der Waals surface area contributed by atoms with Crippen LogP contribution in [0.1, 0.15) is 30.3 Å². The molecule has 7 nitrogen and oxygen atoms in total. The van der Waals surface area contributed by atoms with Crippen molar-refractivity contribution < 1.29 is 22.6 Å². The first kappa shape index (κ1) is 22.9. The average Bonchev–Trinajstić information content (AvgIpc) is 2.80. The summed E-state index contributed by atoms with van der Waals surface area (Å²) in [5.74, 6) is -0.0721. The van der Waals surface area contributed by atoms with E-state index in [0.717, 1.165) is 35.4 Å². The van der Waals surface area contributed by atoms with Crippen molar-refractivity contribution >= 4 is 11.4 Å². The number of fused-ring (bicyclic) bond motifs is 1. The second-order valence-corrected chi connectivity index (χ2v) is 7.91. The molecular formula is C23H24F3N5O2. The molecule has 0 N–H and O–H groups in total. The largest absolute Gasteiger partial charge is 0.471 e. The Morgan fingerprint density at radius 2 is 2.06 bits per heavy atom. The summed E-state index contributed by atoms with van der Waals surface area (Å²) in [6.07, 6.45) is -1.59. The molecule has 2 aromatic heterocycles. The van der Waals surface area contributed by atoms with Gasteiger partial charge in [-0.25, -0.2) is 9.97 Å². The average molecular weight is 459 g/mol. The van der Waals surface area contributed by atoms with Crippen LogP contribution < -0.4 is 9.64 Å². The molecule has 4 rings (SSSR count). The van der Waals surface area contributed by atoms with E-state index in [1.165, 1.54) is 0 Å². The van der Waals surface area contributed by atoms with Crippen molar-refractivity contribution in [3.8, 4) is 11.9 Å². The van der Waals surface area contributed by atoms with Crippen molar-refractivity contribution in [2.75, 3.05) is 38.2 Å². The lowest BCUT2D eigenvalue weighted by molar-refractivity contribution is -0.137. The molecule has 0 spiro atoms. The summed E-state index contributed by atoms with van der Waals surface area (Å²) in [4.78, 5) is 12.7. The van der Waals surface area contributed by atoms with Crippen molar-refractivity contribution in [3.63, 3.8) is 0 Å². The summed E-state index contributed by atoms with van der Waals surface area (Å²) in [6.45, 7) is 4.07. The van der Waals surface area contributed by atoms with Crippen LogP contribution in [0.5, 0.6) is 5.88 Å². The first-order chi connectivity index (χ1) is 15.8. The van der Waals surface area contributed by atoms with Crippen LogP contribution >= 0.6 is 0 Å². The Bertz CT molecular complexity index is 1080. The summed E-state index contributed by atoms with van der Waals surface area (Å²) in [6, 6.07) is 7.51. The van der Waals surface area contributed by atoms with E-state index in [2.05, 4.69) is 31.9 Å². The number of halogens is 3. The number of likely N-dealkylation sites (tertiary alicyclic amines) is 1. The van der Waals surface area contributed by atoms with Crippen LogP contribution in [0.3, 0.4) is 0 Å². The molecule has 2 aromatic rings. The van der Waals surface area contributed by atoms with Gasteiger partial charge in [-0.05, 0) is 31.2 Å².